The van der Waals surface area contributed by atoms with E-state index in [1.165, 1.54) is 18.8 Å². The molecule has 262 valence electrons. The summed E-state index contributed by atoms with van der Waals surface area (Å²) in [5, 5.41) is 12.5. The van der Waals surface area contributed by atoms with Crippen LogP contribution in [0.2, 0.25) is 5.02 Å². The second-order valence-electron chi connectivity index (χ2n) is 10.7. The first-order chi connectivity index (χ1) is 24.2. The van der Waals surface area contributed by atoms with Crippen LogP contribution in [0.5, 0.6) is 11.5 Å². The molecule has 5 aromatic rings. The lowest BCUT2D eigenvalue weighted by molar-refractivity contribution is -0.137. The van der Waals surface area contributed by atoms with Gasteiger partial charge in [0.15, 0.2) is 5.78 Å². The molecule has 0 radical (unpaired) electrons. The standard InChI is InChI=1S/C35H24ClF5N4O6/c1-4-51-34(48)32-44-30-24(15-42)29(31(46)23-12-20(37)6-8-25(23)36)26(43-33(47)18-9-19(35(39,40)41)11-21(38)10-18)14-27(30)45(32)16-17-5-7-22(49-2)13-28(17)50-3/h5-14H,4,16H2,1-3H3,(H,43,47). The third kappa shape index (κ3) is 7.31. The van der Waals surface area contributed by atoms with Crippen molar-refractivity contribution in [1.82, 2.24) is 9.55 Å². The number of imidazole rings is 1. The number of ketones is 1. The Labute approximate surface area is 290 Å². The van der Waals surface area contributed by atoms with Gasteiger partial charge in [0.2, 0.25) is 5.82 Å². The molecule has 1 N–H and O–H groups in total. The zero-order chi connectivity index (χ0) is 37.2. The number of anilines is 1. The van der Waals surface area contributed by atoms with Crippen LogP contribution in [-0.2, 0) is 17.5 Å². The van der Waals surface area contributed by atoms with Crippen molar-refractivity contribution in [2.24, 2.45) is 0 Å². The van der Waals surface area contributed by atoms with Crippen molar-refractivity contribution < 1.29 is 50.5 Å². The molecule has 1 aromatic heterocycles. The van der Waals surface area contributed by atoms with E-state index in [2.05, 4.69) is 10.3 Å². The highest BCUT2D eigenvalue weighted by Crippen LogP contribution is 2.36. The van der Waals surface area contributed by atoms with Gasteiger partial charge in [-0.2, -0.15) is 18.4 Å². The molecule has 4 aromatic carbocycles. The van der Waals surface area contributed by atoms with Gasteiger partial charge in [0.05, 0.1) is 60.3 Å². The zero-order valence-electron chi connectivity index (χ0n) is 26.7. The Hall–Kier alpha value is -6.01. The Morgan fingerprint density at radius 3 is 2.37 bits per heavy atom. The molecule has 0 spiro atoms. The first-order valence-corrected chi connectivity index (χ1v) is 15.1. The van der Waals surface area contributed by atoms with Crippen LogP contribution in [0.15, 0.2) is 60.7 Å². The normalized spacial score (nSPS) is 11.2. The van der Waals surface area contributed by atoms with E-state index in [4.69, 9.17) is 25.8 Å². The average molecular weight is 727 g/mol. The number of fused-ring (bicyclic) bond motifs is 1. The van der Waals surface area contributed by atoms with E-state index in [-0.39, 0.29) is 41.1 Å². The van der Waals surface area contributed by atoms with Crippen LogP contribution < -0.4 is 14.8 Å². The van der Waals surface area contributed by atoms with Crippen LogP contribution in [0.3, 0.4) is 0 Å². The predicted octanol–water partition coefficient (Wildman–Crippen LogP) is 7.58. The smallest absolute Gasteiger partial charge is 0.416 e. The predicted molar refractivity (Wildman–Crippen MR) is 173 cm³/mol. The Kier molecular flexibility index (Phi) is 10.3. The maximum absolute atomic E-state index is 14.3. The second-order valence-corrected chi connectivity index (χ2v) is 11.1. The van der Waals surface area contributed by atoms with Crippen molar-refractivity contribution in [1.29, 1.82) is 5.26 Å². The fourth-order valence-electron chi connectivity index (χ4n) is 5.25. The van der Waals surface area contributed by atoms with Crippen molar-refractivity contribution in [2.75, 3.05) is 26.1 Å². The van der Waals surface area contributed by atoms with Gasteiger partial charge >= 0.3 is 12.1 Å². The largest absolute Gasteiger partial charge is 0.497 e. The highest BCUT2D eigenvalue weighted by molar-refractivity contribution is 6.35. The highest BCUT2D eigenvalue weighted by atomic mass is 35.5. The number of carbonyl (C=O) groups excluding carboxylic acids is 3. The number of halogens is 6. The molecule has 51 heavy (non-hydrogen) atoms. The molecule has 0 aliphatic heterocycles. The molecule has 0 saturated carbocycles. The molecule has 0 fully saturated rings. The lowest BCUT2D eigenvalue weighted by Gasteiger charge is -2.16. The zero-order valence-corrected chi connectivity index (χ0v) is 27.5. The molecule has 5 rings (SSSR count). The fourth-order valence-corrected chi connectivity index (χ4v) is 5.45. The van der Waals surface area contributed by atoms with Crippen molar-refractivity contribution in [3.8, 4) is 17.6 Å². The van der Waals surface area contributed by atoms with Gasteiger partial charge < -0.3 is 24.1 Å². The molecule has 0 bridgehead atoms. The van der Waals surface area contributed by atoms with Gasteiger partial charge in [-0.1, -0.05) is 11.6 Å². The summed E-state index contributed by atoms with van der Waals surface area (Å²) in [4.78, 5) is 45.1. The number of nitrogens with one attached hydrogen (secondary N) is 1. The van der Waals surface area contributed by atoms with Gasteiger partial charge in [-0.25, -0.2) is 18.6 Å². The number of nitrogens with zero attached hydrogens (tertiary/aromatic N) is 3. The van der Waals surface area contributed by atoms with Gasteiger partial charge in [0, 0.05) is 22.8 Å². The van der Waals surface area contributed by atoms with E-state index in [1.807, 2.05) is 6.07 Å². The van der Waals surface area contributed by atoms with Crippen molar-refractivity contribution >= 4 is 46.0 Å². The quantitative estimate of drug-likeness (QED) is 0.0885. The van der Waals surface area contributed by atoms with Crippen LogP contribution in [0, 0.1) is 23.0 Å². The maximum atomic E-state index is 14.3. The number of hydrogen-bond acceptors (Lipinski definition) is 8. The van der Waals surface area contributed by atoms with E-state index in [0.29, 0.717) is 29.2 Å². The first-order valence-electron chi connectivity index (χ1n) is 14.7. The third-order valence-corrected chi connectivity index (χ3v) is 7.90. The van der Waals surface area contributed by atoms with Crippen LogP contribution in [0.1, 0.15) is 60.5 Å². The fraction of sp³-hybridized carbons (Fsp3) is 0.171. The number of ether oxygens (including phenoxy) is 3. The van der Waals surface area contributed by atoms with Gasteiger partial charge in [-0.3, -0.25) is 9.59 Å². The summed E-state index contributed by atoms with van der Waals surface area (Å²) in [6.45, 7) is 1.30. The van der Waals surface area contributed by atoms with E-state index >= 15 is 0 Å². The minimum Gasteiger partial charge on any atom is -0.497 e. The molecule has 10 nitrogen and oxygen atoms in total. The number of amides is 1. The Morgan fingerprint density at radius 2 is 1.73 bits per heavy atom. The molecule has 0 aliphatic carbocycles. The number of benzene rings is 4. The molecule has 0 aliphatic rings. The van der Waals surface area contributed by atoms with Gasteiger partial charge in [-0.05, 0) is 61.5 Å². The molecule has 1 amide bonds. The molecule has 1 heterocycles. The average Bonchev–Trinajstić information content (AvgIpc) is 3.45. The second kappa shape index (κ2) is 14.5. The number of nitriles is 1. The number of alkyl halides is 3. The Balaban J connectivity index is 1.81. The number of esters is 1. The molecule has 0 unspecified atom stereocenters. The third-order valence-electron chi connectivity index (χ3n) is 7.57. The maximum Gasteiger partial charge on any atom is 0.416 e. The molecular formula is C35H24ClF5N4O6. The topological polar surface area (TPSA) is 133 Å². The van der Waals surface area contributed by atoms with Crippen molar-refractivity contribution in [3.05, 3.63) is 117 Å². The number of carbonyl (C=O) groups is 3. The molecule has 16 heteroatoms. The summed E-state index contributed by atoms with van der Waals surface area (Å²) in [7, 11) is 2.84. The van der Waals surface area contributed by atoms with E-state index < -0.39 is 69.0 Å². The Morgan fingerprint density at radius 1 is 0.980 bits per heavy atom. The summed E-state index contributed by atoms with van der Waals surface area (Å²) >= 11 is 6.22. The number of hydrogen-bond donors (Lipinski definition) is 1. The van der Waals surface area contributed by atoms with Crippen molar-refractivity contribution in [2.45, 2.75) is 19.6 Å². The monoisotopic (exact) mass is 726 g/mol. The molecular weight excluding hydrogens is 703 g/mol. The minimum absolute atomic E-state index is 0.0279. The number of aromatic nitrogens is 2. The minimum atomic E-state index is -5.02. The SMILES string of the molecule is CCOC(=O)c1nc2c(C#N)c(C(=O)c3cc(F)ccc3Cl)c(NC(=O)c3cc(F)cc(C(F)(F)F)c3)cc2n1Cc1ccc(OC)cc1OC. The van der Waals surface area contributed by atoms with Crippen LogP contribution in [0.25, 0.3) is 11.0 Å². The summed E-state index contributed by atoms with van der Waals surface area (Å²) in [6.07, 6.45) is -5.02. The summed E-state index contributed by atoms with van der Waals surface area (Å²) < 4.78 is 86.4. The number of methoxy groups -OCH3 is 2. The summed E-state index contributed by atoms with van der Waals surface area (Å²) in [5.41, 5.74) is -4.08. The molecule has 0 atom stereocenters. The first kappa shape index (κ1) is 36.3. The summed E-state index contributed by atoms with van der Waals surface area (Å²) in [5.74, 6) is -5.17. The van der Waals surface area contributed by atoms with E-state index in [9.17, 15) is 41.6 Å². The van der Waals surface area contributed by atoms with Crippen LogP contribution in [-0.4, -0.2) is 48.0 Å². The number of rotatable bonds is 10. The lowest BCUT2D eigenvalue weighted by atomic mass is 9.95. The van der Waals surface area contributed by atoms with Gasteiger partial charge in [0.1, 0.15) is 34.7 Å². The Bertz CT molecular complexity index is 2260. The van der Waals surface area contributed by atoms with Crippen LogP contribution >= 0.6 is 11.6 Å². The van der Waals surface area contributed by atoms with Crippen LogP contribution in [0.4, 0.5) is 27.6 Å². The van der Waals surface area contributed by atoms with Crippen molar-refractivity contribution in [3.63, 3.8) is 0 Å². The summed E-state index contributed by atoms with van der Waals surface area (Å²) in [6, 6.07) is 11.7. The van der Waals surface area contributed by atoms with Gasteiger partial charge in [0.25, 0.3) is 5.91 Å². The molecule has 0 saturated heterocycles. The van der Waals surface area contributed by atoms with Gasteiger partial charge in [-0.15, -0.1) is 0 Å². The lowest BCUT2D eigenvalue weighted by Crippen LogP contribution is -2.18. The van der Waals surface area contributed by atoms with E-state index in [0.717, 1.165) is 24.3 Å². The van der Waals surface area contributed by atoms with E-state index in [1.54, 1.807) is 25.1 Å². The highest BCUT2D eigenvalue weighted by Gasteiger charge is 2.33.